The fourth-order valence-electron chi connectivity index (χ4n) is 2.41. The molecule has 0 saturated carbocycles. The number of hydrogen-bond donors (Lipinski definition) is 2. The van der Waals surface area contributed by atoms with Gasteiger partial charge < -0.3 is 15.4 Å². The van der Waals surface area contributed by atoms with Crippen LogP contribution in [0.25, 0.3) is 0 Å². The summed E-state index contributed by atoms with van der Waals surface area (Å²) in [5.41, 5.74) is 2.88. The molecule has 0 aliphatic rings. The Balaban J connectivity index is 1.56. The molecule has 6 nitrogen and oxygen atoms in total. The van der Waals surface area contributed by atoms with Gasteiger partial charge >= 0.3 is 0 Å². The molecule has 0 spiro atoms. The lowest BCUT2D eigenvalue weighted by atomic mass is 10.2. The van der Waals surface area contributed by atoms with Crippen molar-refractivity contribution < 1.29 is 9.53 Å². The van der Waals surface area contributed by atoms with Crippen LogP contribution in [0.3, 0.4) is 0 Å². The summed E-state index contributed by atoms with van der Waals surface area (Å²) in [6, 6.07) is 20.1. The maximum absolute atomic E-state index is 12.3. The molecule has 0 saturated heterocycles. The van der Waals surface area contributed by atoms with E-state index < -0.39 is 0 Å². The summed E-state index contributed by atoms with van der Waals surface area (Å²) < 4.78 is 5.11. The number of rotatable bonds is 6. The predicted octanol–water partition coefficient (Wildman–Crippen LogP) is 3.64. The Hall–Kier alpha value is -3.85. The first-order valence-corrected chi connectivity index (χ1v) is 8.32. The second-order valence-corrected chi connectivity index (χ2v) is 5.78. The van der Waals surface area contributed by atoms with Gasteiger partial charge in [0.2, 0.25) is 0 Å². The Morgan fingerprint density at radius 2 is 1.81 bits per heavy atom. The van der Waals surface area contributed by atoms with Crippen LogP contribution in [0.4, 0.5) is 11.5 Å². The average Bonchev–Trinajstić information content (AvgIpc) is 2.73. The largest absolute Gasteiger partial charge is 0.497 e. The number of benzene rings is 2. The predicted molar refractivity (Wildman–Crippen MR) is 103 cm³/mol. The third-order valence-corrected chi connectivity index (χ3v) is 3.92. The summed E-state index contributed by atoms with van der Waals surface area (Å²) in [5.74, 6) is 1.20. The van der Waals surface area contributed by atoms with Gasteiger partial charge in [0.05, 0.1) is 24.3 Å². The highest BCUT2D eigenvalue weighted by Gasteiger charge is 2.06. The molecule has 0 fully saturated rings. The number of ether oxygens (including phenoxy) is 1. The quantitative estimate of drug-likeness (QED) is 0.702. The second kappa shape index (κ2) is 8.50. The SMILES string of the molecule is COc1ccc(CNC(=O)c2ccc(Nc3ccc(C#N)cc3)nc2)cc1. The van der Waals surface area contributed by atoms with Gasteiger partial charge in [0.1, 0.15) is 11.6 Å². The maximum Gasteiger partial charge on any atom is 0.253 e. The topological polar surface area (TPSA) is 87.0 Å². The van der Waals surface area contributed by atoms with Crippen LogP contribution in [-0.2, 0) is 6.54 Å². The van der Waals surface area contributed by atoms with E-state index in [1.807, 2.05) is 24.3 Å². The number of carbonyl (C=O) groups is 1. The lowest BCUT2D eigenvalue weighted by Gasteiger charge is -2.08. The molecule has 134 valence electrons. The molecule has 2 N–H and O–H groups in total. The number of aromatic nitrogens is 1. The van der Waals surface area contributed by atoms with Gasteiger partial charge in [-0.05, 0) is 54.1 Å². The average molecular weight is 358 g/mol. The van der Waals surface area contributed by atoms with Gasteiger partial charge in [-0.3, -0.25) is 4.79 Å². The van der Waals surface area contributed by atoms with Gasteiger partial charge in [0, 0.05) is 18.4 Å². The minimum absolute atomic E-state index is 0.191. The van der Waals surface area contributed by atoms with Gasteiger partial charge in [-0.25, -0.2) is 4.98 Å². The number of carbonyl (C=O) groups excluding carboxylic acids is 1. The summed E-state index contributed by atoms with van der Waals surface area (Å²) in [6.07, 6.45) is 1.52. The van der Waals surface area contributed by atoms with E-state index in [-0.39, 0.29) is 5.91 Å². The molecule has 0 radical (unpaired) electrons. The number of amides is 1. The van der Waals surface area contributed by atoms with E-state index in [1.54, 1.807) is 43.5 Å². The van der Waals surface area contributed by atoms with E-state index in [0.29, 0.717) is 23.5 Å². The maximum atomic E-state index is 12.3. The van der Waals surface area contributed by atoms with Crippen LogP contribution >= 0.6 is 0 Å². The molecule has 0 aliphatic heterocycles. The van der Waals surface area contributed by atoms with Crippen molar-refractivity contribution in [3.05, 3.63) is 83.6 Å². The first-order valence-electron chi connectivity index (χ1n) is 8.32. The highest BCUT2D eigenvalue weighted by Crippen LogP contribution is 2.15. The zero-order chi connectivity index (χ0) is 19.1. The monoisotopic (exact) mass is 358 g/mol. The molecular formula is C21H18N4O2. The smallest absolute Gasteiger partial charge is 0.253 e. The minimum Gasteiger partial charge on any atom is -0.497 e. The third-order valence-electron chi connectivity index (χ3n) is 3.92. The fourth-order valence-corrected chi connectivity index (χ4v) is 2.41. The first kappa shape index (κ1) is 18.0. The van der Waals surface area contributed by atoms with Crippen LogP contribution in [0.5, 0.6) is 5.75 Å². The molecule has 0 atom stereocenters. The van der Waals surface area contributed by atoms with Crippen molar-refractivity contribution in [2.45, 2.75) is 6.54 Å². The summed E-state index contributed by atoms with van der Waals surface area (Å²) >= 11 is 0. The Labute approximate surface area is 157 Å². The summed E-state index contributed by atoms with van der Waals surface area (Å²) in [5, 5.41) is 14.8. The molecule has 0 bridgehead atoms. The fraction of sp³-hybridized carbons (Fsp3) is 0.0952. The zero-order valence-corrected chi connectivity index (χ0v) is 14.8. The lowest BCUT2D eigenvalue weighted by molar-refractivity contribution is 0.0950. The van der Waals surface area contributed by atoms with Gasteiger partial charge in [-0.2, -0.15) is 5.26 Å². The second-order valence-electron chi connectivity index (χ2n) is 5.78. The Kier molecular flexibility index (Phi) is 5.65. The van der Waals surface area contributed by atoms with E-state index in [2.05, 4.69) is 21.7 Å². The number of methoxy groups -OCH3 is 1. The molecule has 1 aromatic heterocycles. The molecule has 1 heterocycles. The van der Waals surface area contributed by atoms with Crippen molar-refractivity contribution in [1.82, 2.24) is 10.3 Å². The van der Waals surface area contributed by atoms with Gasteiger partial charge in [0.15, 0.2) is 0 Å². The molecule has 0 unspecified atom stereocenters. The number of nitrogens with zero attached hydrogens (tertiary/aromatic N) is 2. The number of pyridine rings is 1. The van der Waals surface area contributed by atoms with E-state index in [9.17, 15) is 4.79 Å². The van der Waals surface area contributed by atoms with E-state index in [1.165, 1.54) is 6.20 Å². The van der Waals surface area contributed by atoms with Crippen LogP contribution in [-0.4, -0.2) is 18.0 Å². The number of hydrogen-bond acceptors (Lipinski definition) is 5. The highest BCUT2D eigenvalue weighted by molar-refractivity contribution is 5.94. The summed E-state index contributed by atoms with van der Waals surface area (Å²) in [4.78, 5) is 16.5. The lowest BCUT2D eigenvalue weighted by Crippen LogP contribution is -2.22. The number of nitrogens with one attached hydrogen (secondary N) is 2. The van der Waals surface area contributed by atoms with Crippen LogP contribution in [0, 0.1) is 11.3 Å². The Morgan fingerprint density at radius 3 is 2.41 bits per heavy atom. The van der Waals surface area contributed by atoms with Crippen LogP contribution in [0.2, 0.25) is 0 Å². The normalized spacial score (nSPS) is 9.93. The Bertz CT molecular complexity index is 943. The minimum atomic E-state index is -0.191. The molecule has 27 heavy (non-hydrogen) atoms. The molecular weight excluding hydrogens is 340 g/mol. The van der Waals surface area contributed by atoms with Crippen molar-refractivity contribution in [3.8, 4) is 11.8 Å². The van der Waals surface area contributed by atoms with Gasteiger partial charge in [0.25, 0.3) is 5.91 Å². The first-order chi connectivity index (χ1) is 13.2. The van der Waals surface area contributed by atoms with Crippen molar-refractivity contribution in [1.29, 1.82) is 5.26 Å². The Morgan fingerprint density at radius 1 is 1.07 bits per heavy atom. The van der Waals surface area contributed by atoms with Crippen LogP contribution < -0.4 is 15.4 Å². The molecule has 0 aliphatic carbocycles. The van der Waals surface area contributed by atoms with Crippen molar-refractivity contribution in [3.63, 3.8) is 0 Å². The van der Waals surface area contributed by atoms with Crippen LogP contribution in [0.15, 0.2) is 66.9 Å². The van der Waals surface area contributed by atoms with Gasteiger partial charge in [-0.15, -0.1) is 0 Å². The summed E-state index contributed by atoms with van der Waals surface area (Å²) in [6.45, 7) is 0.425. The highest BCUT2D eigenvalue weighted by atomic mass is 16.5. The molecule has 3 aromatic rings. The molecule has 1 amide bonds. The number of anilines is 2. The number of nitriles is 1. The molecule has 6 heteroatoms. The van der Waals surface area contributed by atoms with Crippen molar-refractivity contribution in [2.75, 3.05) is 12.4 Å². The zero-order valence-electron chi connectivity index (χ0n) is 14.8. The third kappa shape index (κ3) is 4.83. The molecule has 3 rings (SSSR count). The van der Waals surface area contributed by atoms with E-state index in [0.717, 1.165) is 17.0 Å². The van der Waals surface area contributed by atoms with E-state index >= 15 is 0 Å². The molecule has 2 aromatic carbocycles. The van der Waals surface area contributed by atoms with Crippen molar-refractivity contribution >= 4 is 17.4 Å². The van der Waals surface area contributed by atoms with Crippen LogP contribution in [0.1, 0.15) is 21.5 Å². The summed E-state index contributed by atoms with van der Waals surface area (Å²) in [7, 11) is 1.61. The van der Waals surface area contributed by atoms with Gasteiger partial charge in [-0.1, -0.05) is 12.1 Å². The standard InChI is InChI=1S/C21H18N4O2/c1-27-19-9-4-16(5-10-19)13-24-21(26)17-6-11-20(23-14-17)25-18-7-2-15(12-22)3-8-18/h2-11,14H,13H2,1H3,(H,23,25)(H,24,26). The van der Waals surface area contributed by atoms with Crippen molar-refractivity contribution in [2.24, 2.45) is 0 Å². The van der Waals surface area contributed by atoms with E-state index in [4.69, 9.17) is 10.00 Å².